The molecule has 2 aromatic rings. The van der Waals surface area contributed by atoms with Gasteiger partial charge in [-0.25, -0.2) is 0 Å². The van der Waals surface area contributed by atoms with Crippen LogP contribution >= 0.6 is 0 Å². The van der Waals surface area contributed by atoms with Crippen LogP contribution < -0.4 is 10.4 Å². The second-order valence-corrected chi connectivity index (χ2v) is 16.1. The number of hydrogen-bond donors (Lipinski definition) is 1. The summed E-state index contributed by atoms with van der Waals surface area (Å²) in [7, 11) is -2.88. The van der Waals surface area contributed by atoms with Crippen molar-refractivity contribution in [2.75, 3.05) is 13.2 Å². The van der Waals surface area contributed by atoms with Crippen LogP contribution in [0.15, 0.2) is 60.7 Å². The lowest BCUT2D eigenvalue weighted by atomic mass is 10.0. The van der Waals surface area contributed by atoms with E-state index in [4.69, 9.17) is 9.47 Å². The maximum absolute atomic E-state index is 12.3. The molecule has 4 heteroatoms. The van der Waals surface area contributed by atoms with Gasteiger partial charge in [0.05, 0.1) is 0 Å². The zero-order valence-electron chi connectivity index (χ0n) is 25.3. The predicted octanol–water partition coefficient (Wildman–Crippen LogP) is 8.14. The Hall–Kier alpha value is -1.90. The van der Waals surface area contributed by atoms with E-state index < -0.39 is 8.32 Å². The van der Waals surface area contributed by atoms with E-state index in [0.29, 0.717) is 0 Å². The average molecular weight is 563 g/mol. The van der Waals surface area contributed by atoms with Crippen molar-refractivity contribution in [2.24, 2.45) is 0 Å². The molecule has 0 bridgehead atoms. The topological polar surface area (TPSA) is 38.7 Å². The van der Waals surface area contributed by atoms with Gasteiger partial charge in [0.2, 0.25) is 0 Å². The summed E-state index contributed by atoms with van der Waals surface area (Å²) in [4.78, 5) is 12.3. The highest BCUT2D eigenvalue weighted by molar-refractivity contribution is 6.98. The summed E-state index contributed by atoms with van der Waals surface area (Å²) in [5.41, 5.74) is 0. The summed E-state index contributed by atoms with van der Waals surface area (Å²) in [5, 5.41) is 2.05. The van der Waals surface area contributed by atoms with Crippen molar-refractivity contribution in [1.29, 1.82) is 0 Å². The molecule has 1 saturated heterocycles. The van der Waals surface area contributed by atoms with E-state index in [0.717, 1.165) is 68.5 Å². The van der Waals surface area contributed by atoms with Gasteiger partial charge in [0, 0.05) is 26.1 Å². The largest absolute Gasteiger partial charge is 0.424 e. The highest BCUT2D eigenvalue weighted by Gasteiger charge is 2.49. The van der Waals surface area contributed by atoms with E-state index in [1.807, 2.05) is 12.1 Å². The first kappa shape index (κ1) is 32.6. The summed E-state index contributed by atoms with van der Waals surface area (Å²) in [6.07, 6.45) is 19.0. The van der Waals surface area contributed by atoms with Crippen LogP contribution in [0.5, 0.6) is 0 Å². The molecule has 1 unspecified atom stereocenters. The summed E-state index contributed by atoms with van der Waals surface area (Å²) in [5.74, 6) is 6.80. The molecule has 1 atom stereocenters. The van der Waals surface area contributed by atoms with Crippen LogP contribution in [0.4, 0.5) is 0 Å². The van der Waals surface area contributed by atoms with Gasteiger partial charge in [-0.05, 0) is 60.4 Å². The summed E-state index contributed by atoms with van der Waals surface area (Å²) in [6.45, 7) is 6.25. The molecular formula is C36H54O3Si. The Morgan fingerprint density at radius 1 is 0.750 bits per heavy atom. The molecule has 0 aromatic heterocycles. The van der Waals surface area contributed by atoms with Crippen molar-refractivity contribution in [3.63, 3.8) is 0 Å². The van der Waals surface area contributed by atoms with Crippen LogP contribution in [-0.2, 0) is 9.47 Å². The third-order valence-electron chi connectivity index (χ3n) is 8.48. The Balaban J connectivity index is 1.22. The number of unbranched alkanes of at least 4 members (excludes halogenated alkanes) is 10. The van der Waals surface area contributed by atoms with Crippen molar-refractivity contribution >= 4 is 18.7 Å². The van der Waals surface area contributed by atoms with Crippen LogP contribution in [0, 0.1) is 11.8 Å². The van der Waals surface area contributed by atoms with E-state index in [2.05, 4.69) is 74.2 Å². The van der Waals surface area contributed by atoms with Gasteiger partial charge in [-0.1, -0.05) is 119 Å². The van der Waals surface area contributed by atoms with Crippen LogP contribution in [0.25, 0.3) is 0 Å². The standard InChI is InChI=1S/C36H54O3Si/c1-36(2,40(37,33-25-17-15-18-26-33)34-27-19-16-20-28-34)30-22-13-11-9-7-5-3-4-6-8-10-12-14-23-31-38-35-29-21-24-32-39-35/h15-20,25-28,35,37H,3-4,6,8-14,21-24,29-32H2,1-2H3. The zero-order chi connectivity index (χ0) is 28.4. The first-order valence-corrected chi connectivity index (χ1v) is 18.0. The normalized spacial score (nSPS) is 15.9. The van der Waals surface area contributed by atoms with Crippen molar-refractivity contribution in [2.45, 2.75) is 128 Å². The van der Waals surface area contributed by atoms with Gasteiger partial charge >= 0.3 is 0 Å². The molecule has 40 heavy (non-hydrogen) atoms. The SMILES string of the molecule is CC(C)(CCCCCC#CCCCCCCCCCOC1CCCCO1)[Si](O)(c1ccccc1)c1ccccc1. The Kier molecular flexibility index (Phi) is 15.1. The molecular weight excluding hydrogens is 508 g/mol. The summed E-state index contributed by atoms with van der Waals surface area (Å²) < 4.78 is 11.4. The molecule has 3 rings (SSSR count). The molecule has 220 valence electrons. The first-order chi connectivity index (χ1) is 19.5. The summed E-state index contributed by atoms with van der Waals surface area (Å²) in [6, 6.07) is 20.7. The lowest BCUT2D eigenvalue weighted by Gasteiger charge is -2.41. The molecule has 1 N–H and O–H groups in total. The molecule has 1 aliphatic heterocycles. The Morgan fingerprint density at radius 2 is 1.27 bits per heavy atom. The van der Waals surface area contributed by atoms with Crippen molar-refractivity contribution in [1.82, 2.24) is 0 Å². The van der Waals surface area contributed by atoms with E-state index in [-0.39, 0.29) is 11.3 Å². The molecule has 0 radical (unpaired) electrons. The van der Waals surface area contributed by atoms with Gasteiger partial charge in [-0.2, -0.15) is 0 Å². The molecule has 0 spiro atoms. The first-order valence-electron chi connectivity index (χ1n) is 16.1. The van der Waals surface area contributed by atoms with Gasteiger partial charge < -0.3 is 14.3 Å². The monoisotopic (exact) mass is 562 g/mol. The van der Waals surface area contributed by atoms with E-state index in [9.17, 15) is 4.80 Å². The number of benzene rings is 2. The molecule has 1 fully saturated rings. The minimum Gasteiger partial charge on any atom is -0.424 e. The van der Waals surface area contributed by atoms with Crippen LogP contribution in [-0.4, -0.2) is 32.6 Å². The van der Waals surface area contributed by atoms with E-state index in [1.54, 1.807) is 0 Å². The molecule has 3 nitrogen and oxygen atoms in total. The van der Waals surface area contributed by atoms with Gasteiger partial charge in [-0.3, -0.25) is 0 Å². The lowest BCUT2D eigenvalue weighted by molar-refractivity contribution is -0.162. The quantitative estimate of drug-likeness (QED) is 0.113. The Bertz CT molecular complexity index is 934. The highest BCUT2D eigenvalue weighted by Crippen LogP contribution is 2.40. The maximum Gasteiger partial charge on any atom is 0.258 e. The average Bonchev–Trinajstić information content (AvgIpc) is 2.99. The molecule has 1 aliphatic rings. The Morgan fingerprint density at radius 3 is 1.82 bits per heavy atom. The fraction of sp³-hybridized carbons (Fsp3) is 0.611. The molecule has 0 amide bonds. The van der Waals surface area contributed by atoms with Crippen molar-refractivity contribution < 1.29 is 14.3 Å². The highest BCUT2D eigenvalue weighted by atomic mass is 28.4. The third kappa shape index (κ3) is 10.8. The Labute approximate surface area is 246 Å². The van der Waals surface area contributed by atoms with Gasteiger partial charge in [-0.15, -0.1) is 11.8 Å². The second-order valence-electron chi connectivity index (χ2n) is 12.1. The van der Waals surface area contributed by atoms with Gasteiger partial charge in [0.15, 0.2) is 6.29 Å². The van der Waals surface area contributed by atoms with E-state index in [1.165, 1.54) is 57.8 Å². The van der Waals surface area contributed by atoms with E-state index >= 15 is 0 Å². The van der Waals surface area contributed by atoms with Crippen LogP contribution in [0.1, 0.15) is 117 Å². The second kappa shape index (κ2) is 18.5. The predicted molar refractivity (Wildman–Crippen MR) is 172 cm³/mol. The minimum absolute atomic E-state index is 0.0647. The number of hydrogen-bond acceptors (Lipinski definition) is 3. The molecule has 0 aliphatic carbocycles. The van der Waals surface area contributed by atoms with Crippen LogP contribution in [0.2, 0.25) is 5.04 Å². The third-order valence-corrected chi connectivity index (χ3v) is 13.0. The molecule has 2 aromatic carbocycles. The maximum atomic E-state index is 12.3. The number of rotatable bonds is 18. The van der Waals surface area contributed by atoms with Gasteiger partial charge in [0.1, 0.15) is 0 Å². The lowest BCUT2D eigenvalue weighted by Crippen LogP contribution is -2.65. The fourth-order valence-corrected chi connectivity index (χ4v) is 9.66. The zero-order valence-corrected chi connectivity index (χ0v) is 26.3. The molecule has 0 saturated carbocycles. The van der Waals surface area contributed by atoms with Gasteiger partial charge in [0.25, 0.3) is 8.32 Å². The number of ether oxygens (including phenoxy) is 2. The fourth-order valence-electron chi connectivity index (χ4n) is 5.88. The smallest absolute Gasteiger partial charge is 0.258 e. The van der Waals surface area contributed by atoms with Crippen molar-refractivity contribution in [3.8, 4) is 11.8 Å². The summed E-state index contributed by atoms with van der Waals surface area (Å²) >= 11 is 0. The minimum atomic E-state index is -2.88. The molecule has 1 heterocycles. The van der Waals surface area contributed by atoms with Crippen LogP contribution in [0.3, 0.4) is 0 Å². The van der Waals surface area contributed by atoms with Crippen molar-refractivity contribution in [3.05, 3.63) is 60.7 Å².